The molecule has 2 rings (SSSR count). The largest absolute Gasteiger partial charge is 0.444 e. The highest BCUT2D eigenvalue weighted by molar-refractivity contribution is 14.0. The lowest BCUT2D eigenvalue weighted by Gasteiger charge is -2.22. The zero-order valence-electron chi connectivity index (χ0n) is 19.7. The molecule has 1 aliphatic heterocycles. The highest BCUT2D eigenvalue weighted by Gasteiger charge is 2.15. The maximum absolute atomic E-state index is 11.7. The van der Waals surface area contributed by atoms with Crippen molar-refractivity contribution in [1.29, 1.82) is 0 Å². The van der Waals surface area contributed by atoms with Crippen molar-refractivity contribution in [1.82, 2.24) is 16.0 Å². The standard InChI is InChI=1S/C23H38N4O4.HI/c1-5-24-21(25-11-12-26-22(28)31-23(2,3)4)27-16-18-7-6-8-19(15-18)17-30-20-9-13-29-14-10-20;/h6-8,15,20H,5,9-14,16-17H2,1-4H3,(H,26,28)(H2,24,25,27);1H. The lowest BCUT2D eigenvalue weighted by molar-refractivity contribution is -0.0390. The molecular formula is C23H39IN4O4. The van der Waals surface area contributed by atoms with Gasteiger partial charge in [0.05, 0.1) is 19.3 Å². The van der Waals surface area contributed by atoms with Crippen molar-refractivity contribution in [3.8, 4) is 0 Å². The van der Waals surface area contributed by atoms with Crippen LogP contribution in [0.25, 0.3) is 0 Å². The first-order valence-electron chi connectivity index (χ1n) is 11.1. The van der Waals surface area contributed by atoms with Crippen molar-refractivity contribution in [3.05, 3.63) is 35.4 Å². The molecule has 0 radical (unpaired) electrons. The van der Waals surface area contributed by atoms with Crippen LogP contribution in [0.4, 0.5) is 4.79 Å². The second-order valence-electron chi connectivity index (χ2n) is 8.49. The van der Waals surface area contributed by atoms with E-state index in [4.69, 9.17) is 14.2 Å². The summed E-state index contributed by atoms with van der Waals surface area (Å²) >= 11 is 0. The molecule has 0 saturated carbocycles. The summed E-state index contributed by atoms with van der Waals surface area (Å²) in [6.45, 7) is 12.0. The zero-order chi connectivity index (χ0) is 22.5. The van der Waals surface area contributed by atoms with Crippen molar-refractivity contribution in [2.45, 2.75) is 65.4 Å². The van der Waals surface area contributed by atoms with Crippen molar-refractivity contribution < 1.29 is 19.0 Å². The lowest BCUT2D eigenvalue weighted by Crippen LogP contribution is -2.42. The summed E-state index contributed by atoms with van der Waals surface area (Å²) in [4.78, 5) is 16.3. The molecule has 8 nitrogen and oxygen atoms in total. The van der Waals surface area contributed by atoms with E-state index in [-0.39, 0.29) is 30.1 Å². The smallest absolute Gasteiger partial charge is 0.407 e. The molecule has 1 aliphatic rings. The van der Waals surface area contributed by atoms with Gasteiger partial charge in [0.2, 0.25) is 0 Å². The van der Waals surface area contributed by atoms with E-state index in [1.807, 2.05) is 33.8 Å². The molecule has 1 aromatic rings. The predicted octanol–water partition coefficient (Wildman–Crippen LogP) is 3.58. The third-order valence-corrected chi connectivity index (χ3v) is 4.50. The molecule has 1 amide bonds. The van der Waals surface area contributed by atoms with Gasteiger partial charge in [-0.25, -0.2) is 9.79 Å². The van der Waals surface area contributed by atoms with Gasteiger partial charge in [-0.2, -0.15) is 0 Å². The second-order valence-corrected chi connectivity index (χ2v) is 8.49. The molecule has 0 unspecified atom stereocenters. The normalized spacial score (nSPS) is 14.9. The van der Waals surface area contributed by atoms with Crippen molar-refractivity contribution in [2.75, 3.05) is 32.8 Å². The van der Waals surface area contributed by atoms with Gasteiger partial charge in [-0.3, -0.25) is 0 Å². The van der Waals surface area contributed by atoms with Crippen LogP contribution in [0.3, 0.4) is 0 Å². The molecule has 1 saturated heterocycles. The SMILES string of the molecule is CCNC(=NCc1cccc(COC2CCOCC2)c1)NCCNC(=O)OC(C)(C)C.I. The second kappa shape index (κ2) is 15.3. The lowest BCUT2D eigenvalue weighted by atomic mass is 10.1. The van der Waals surface area contributed by atoms with E-state index in [0.29, 0.717) is 32.2 Å². The molecule has 1 fully saturated rings. The van der Waals surface area contributed by atoms with Crippen LogP contribution in [-0.2, 0) is 27.4 Å². The Morgan fingerprint density at radius 1 is 1.12 bits per heavy atom. The Morgan fingerprint density at radius 3 is 2.50 bits per heavy atom. The third-order valence-electron chi connectivity index (χ3n) is 4.50. The fourth-order valence-corrected chi connectivity index (χ4v) is 3.05. The minimum Gasteiger partial charge on any atom is -0.444 e. The number of hydrogen-bond donors (Lipinski definition) is 3. The molecule has 0 aliphatic carbocycles. The van der Waals surface area contributed by atoms with Crippen LogP contribution in [0.1, 0.15) is 51.7 Å². The summed E-state index contributed by atoms with van der Waals surface area (Å²) in [6.07, 6.45) is 1.79. The van der Waals surface area contributed by atoms with Crippen LogP contribution in [0.5, 0.6) is 0 Å². The predicted molar refractivity (Wildman–Crippen MR) is 138 cm³/mol. The molecule has 9 heteroatoms. The highest BCUT2D eigenvalue weighted by atomic mass is 127. The number of hydrogen-bond acceptors (Lipinski definition) is 5. The number of benzene rings is 1. The first-order valence-corrected chi connectivity index (χ1v) is 11.1. The summed E-state index contributed by atoms with van der Waals surface area (Å²) < 4.78 is 16.6. The highest BCUT2D eigenvalue weighted by Crippen LogP contribution is 2.14. The van der Waals surface area contributed by atoms with E-state index < -0.39 is 11.7 Å². The summed E-state index contributed by atoms with van der Waals surface area (Å²) in [5, 5.41) is 9.18. The van der Waals surface area contributed by atoms with Crippen molar-refractivity contribution in [2.24, 2.45) is 4.99 Å². The minimum absolute atomic E-state index is 0. The van der Waals surface area contributed by atoms with Gasteiger partial charge in [-0.05, 0) is 51.7 Å². The van der Waals surface area contributed by atoms with Crippen molar-refractivity contribution in [3.63, 3.8) is 0 Å². The molecule has 32 heavy (non-hydrogen) atoms. The van der Waals surface area contributed by atoms with Crippen LogP contribution >= 0.6 is 24.0 Å². The minimum atomic E-state index is -0.502. The number of nitrogens with one attached hydrogen (secondary N) is 3. The van der Waals surface area contributed by atoms with E-state index in [0.717, 1.165) is 43.7 Å². The Bertz CT molecular complexity index is 703. The Balaban J connectivity index is 0.00000512. The fraction of sp³-hybridized carbons (Fsp3) is 0.652. The van der Waals surface area contributed by atoms with Crippen LogP contribution in [0.2, 0.25) is 0 Å². The number of ether oxygens (including phenoxy) is 3. The fourth-order valence-electron chi connectivity index (χ4n) is 3.05. The van der Waals surface area contributed by atoms with Crippen molar-refractivity contribution >= 4 is 36.0 Å². The van der Waals surface area contributed by atoms with Gasteiger partial charge < -0.3 is 30.2 Å². The van der Waals surface area contributed by atoms with Gasteiger partial charge in [-0.1, -0.05) is 24.3 Å². The van der Waals surface area contributed by atoms with Gasteiger partial charge in [0.25, 0.3) is 0 Å². The summed E-state index contributed by atoms with van der Waals surface area (Å²) in [6, 6.07) is 8.32. The average Bonchev–Trinajstić information content (AvgIpc) is 2.73. The molecule has 0 bridgehead atoms. The average molecular weight is 562 g/mol. The Labute approximate surface area is 209 Å². The van der Waals surface area contributed by atoms with Gasteiger partial charge >= 0.3 is 6.09 Å². The zero-order valence-corrected chi connectivity index (χ0v) is 22.1. The number of rotatable bonds is 9. The molecule has 3 N–H and O–H groups in total. The molecule has 0 spiro atoms. The Hall–Kier alpha value is -1.59. The van der Waals surface area contributed by atoms with Crippen LogP contribution in [-0.4, -0.2) is 56.6 Å². The number of nitrogens with zero attached hydrogens (tertiary/aromatic N) is 1. The number of halogens is 1. The number of amides is 1. The van der Waals surface area contributed by atoms with Crippen LogP contribution in [0.15, 0.2) is 29.3 Å². The van der Waals surface area contributed by atoms with E-state index in [1.54, 1.807) is 0 Å². The maximum atomic E-state index is 11.7. The first kappa shape index (κ1) is 28.4. The third kappa shape index (κ3) is 12.4. The summed E-state index contributed by atoms with van der Waals surface area (Å²) in [7, 11) is 0. The molecule has 0 aromatic heterocycles. The van der Waals surface area contributed by atoms with E-state index in [9.17, 15) is 4.79 Å². The first-order chi connectivity index (χ1) is 14.9. The van der Waals surface area contributed by atoms with Gasteiger partial charge in [0, 0.05) is 32.8 Å². The van der Waals surface area contributed by atoms with E-state index in [1.165, 1.54) is 0 Å². The number of carbonyl (C=O) groups excluding carboxylic acids is 1. The quantitative estimate of drug-likeness (QED) is 0.185. The molecular weight excluding hydrogens is 523 g/mol. The van der Waals surface area contributed by atoms with Gasteiger partial charge in [-0.15, -0.1) is 24.0 Å². The Kier molecular flexibility index (Phi) is 13.6. The van der Waals surface area contributed by atoms with Crippen LogP contribution in [0, 0.1) is 0 Å². The molecule has 1 aromatic carbocycles. The van der Waals surface area contributed by atoms with Gasteiger partial charge in [0.1, 0.15) is 5.60 Å². The number of carbonyl (C=O) groups is 1. The number of alkyl carbamates (subject to hydrolysis) is 1. The van der Waals surface area contributed by atoms with Crippen LogP contribution < -0.4 is 16.0 Å². The van der Waals surface area contributed by atoms with E-state index in [2.05, 4.69) is 39.1 Å². The monoisotopic (exact) mass is 562 g/mol. The molecule has 0 atom stereocenters. The molecule has 182 valence electrons. The Morgan fingerprint density at radius 2 is 1.81 bits per heavy atom. The van der Waals surface area contributed by atoms with Gasteiger partial charge in [0.15, 0.2) is 5.96 Å². The summed E-state index contributed by atoms with van der Waals surface area (Å²) in [5.41, 5.74) is 1.77. The van der Waals surface area contributed by atoms with E-state index >= 15 is 0 Å². The maximum Gasteiger partial charge on any atom is 0.407 e. The molecule has 1 heterocycles. The number of aliphatic imine (C=N–C) groups is 1. The summed E-state index contributed by atoms with van der Waals surface area (Å²) in [5.74, 6) is 0.706. The topological polar surface area (TPSA) is 93.2 Å². The number of guanidine groups is 1.